The zero-order chi connectivity index (χ0) is 11.2. The van der Waals surface area contributed by atoms with E-state index >= 15 is 0 Å². The van der Waals surface area contributed by atoms with Crippen molar-refractivity contribution in [1.29, 1.82) is 0 Å². The first-order valence-corrected chi connectivity index (χ1v) is 5.55. The monoisotopic (exact) mass is 225 g/mol. The summed E-state index contributed by atoms with van der Waals surface area (Å²) >= 11 is 0. The van der Waals surface area contributed by atoms with E-state index in [0.29, 0.717) is 12.4 Å². The molecule has 1 fully saturated rings. The third-order valence-electron chi connectivity index (χ3n) is 2.53. The van der Waals surface area contributed by atoms with Crippen molar-refractivity contribution in [3.8, 4) is 5.75 Å². The fourth-order valence-electron chi connectivity index (χ4n) is 1.64. The average Bonchev–Trinajstić information content (AvgIpc) is 2.33. The third kappa shape index (κ3) is 3.47. The highest BCUT2D eigenvalue weighted by molar-refractivity contribution is 5.21. The molecule has 3 nitrogen and oxygen atoms in total. The van der Waals surface area contributed by atoms with Gasteiger partial charge in [0.25, 0.3) is 0 Å². The SMILES string of the molecule is Fc1ccc(OCCC2CNCCO2)cc1. The largest absolute Gasteiger partial charge is 0.493 e. The van der Waals surface area contributed by atoms with E-state index in [2.05, 4.69) is 5.32 Å². The van der Waals surface area contributed by atoms with E-state index < -0.39 is 0 Å². The Morgan fingerprint density at radius 3 is 2.88 bits per heavy atom. The lowest BCUT2D eigenvalue weighted by Crippen LogP contribution is -2.39. The molecule has 0 spiro atoms. The number of benzene rings is 1. The summed E-state index contributed by atoms with van der Waals surface area (Å²) in [7, 11) is 0. The molecule has 1 aromatic carbocycles. The minimum Gasteiger partial charge on any atom is -0.493 e. The molecule has 0 aliphatic carbocycles. The van der Waals surface area contributed by atoms with Gasteiger partial charge in [0.05, 0.1) is 19.3 Å². The van der Waals surface area contributed by atoms with Gasteiger partial charge in [0.2, 0.25) is 0 Å². The highest BCUT2D eigenvalue weighted by Crippen LogP contribution is 2.12. The first-order valence-electron chi connectivity index (χ1n) is 5.55. The second-order valence-corrected chi connectivity index (χ2v) is 3.79. The molecule has 16 heavy (non-hydrogen) atoms. The molecule has 4 heteroatoms. The molecule has 1 aromatic rings. The van der Waals surface area contributed by atoms with Crippen LogP contribution in [-0.2, 0) is 4.74 Å². The lowest BCUT2D eigenvalue weighted by atomic mass is 10.2. The predicted octanol–water partition coefficient (Wildman–Crippen LogP) is 1.58. The molecule has 88 valence electrons. The molecule has 1 aliphatic rings. The smallest absolute Gasteiger partial charge is 0.123 e. The fraction of sp³-hybridized carbons (Fsp3) is 0.500. The molecule has 0 bridgehead atoms. The van der Waals surface area contributed by atoms with E-state index in [1.165, 1.54) is 12.1 Å². The van der Waals surface area contributed by atoms with Crippen LogP contribution in [-0.4, -0.2) is 32.4 Å². The molecule has 1 aliphatic heterocycles. The van der Waals surface area contributed by atoms with Gasteiger partial charge >= 0.3 is 0 Å². The minimum absolute atomic E-state index is 0.231. The Kier molecular flexibility index (Phi) is 4.13. The van der Waals surface area contributed by atoms with Crippen LogP contribution in [0.1, 0.15) is 6.42 Å². The van der Waals surface area contributed by atoms with E-state index in [4.69, 9.17) is 9.47 Å². The Morgan fingerprint density at radius 2 is 2.19 bits per heavy atom. The highest BCUT2D eigenvalue weighted by atomic mass is 19.1. The van der Waals surface area contributed by atoms with Gasteiger partial charge in [-0.25, -0.2) is 4.39 Å². The van der Waals surface area contributed by atoms with Crippen LogP contribution >= 0.6 is 0 Å². The molecular formula is C12H16FNO2. The summed E-state index contributed by atoms with van der Waals surface area (Å²) < 4.78 is 23.6. The average molecular weight is 225 g/mol. The van der Waals surface area contributed by atoms with Crippen molar-refractivity contribution in [1.82, 2.24) is 5.32 Å². The molecule has 0 aromatic heterocycles. The predicted molar refractivity (Wildman–Crippen MR) is 59.1 cm³/mol. The van der Waals surface area contributed by atoms with Crippen molar-refractivity contribution in [2.75, 3.05) is 26.3 Å². The van der Waals surface area contributed by atoms with Crippen LogP contribution in [0.15, 0.2) is 24.3 Å². The van der Waals surface area contributed by atoms with Crippen molar-refractivity contribution >= 4 is 0 Å². The van der Waals surface area contributed by atoms with Gasteiger partial charge in [-0.3, -0.25) is 0 Å². The molecule has 0 amide bonds. The van der Waals surface area contributed by atoms with Gasteiger partial charge in [-0.05, 0) is 24.3 Å². The van der Waals surface area contributed by atoms with Crippen LogP contribution < -0.4 is 10.1 Å². The number of hydrogen-bond acceptors (Lipinski definition) is 3. The van der Waals surface area contributed by atoms with Gasteiger partial charge < -0.3 is 14.8 Å². The minimum atomic E-state index is -0.243. The van der Waals surface area contributed by atoms with Crippen LogP contribution in [0.3, 0.4) is 0 Å². The number of ether oxygens (including phenoxy) is 2. The van der Waals surface area contributed by atoms with Gasteiger partial charge in [-0.15, -0.1) is 0 Å². The summed E-state index contributed by atoms with van der Waals surface area (Å²) in [6, 6.07) is 6.06. The van der Waals surface area contributed by atoms with Crippen molar-refractivity contribution in [2.24, 2.45) is 0 Å². The van der Waals surface area contributed by atoms with Crippen molar-refractivity contribution < 1.29 is 13.9 Å². The van der Waals surface area contributed by atoms with E-state index in [9.17, 15) is 4.39 Å². The van der Waals surface area contributed by atoms with Crippen LogP contribution in [0.25, 0.3) is 0 Å². The van der Waals surface area contributed by atoms with E-state index in [-0.39, 0.29) is 11.9 Å². The Balaban J connectivity index is 1.69. The maximum atomic E-state index is 12.6. The lowest BCUT2D eigenvalue weighted by Gasteiger charge is -2.23. The zero-order valence-corrected chi connectivity index (χ0v) is 9.12. The van der Waals surface area contributed by atoms with Gasteiger partial charge in [0.1, 0.15) is 11.6 Å². The standard InChI is InChI=1S/C12H16FNO2/c13-10-1-3-11(4-2-10)15-7-5-12-9-14-6-8-16-12/h1-4,12,14H,5-9H2. The van der Waals surface area contributed by atoms with Crippen LogP contribution in [0.5, 0.6) is 5.75 Å². The molecule has 1 heterocycles. The van der Waals surface area contributed by atoms with Crippen LogP contribution in [0, 0.1) is 5.82 Å². The third-order valence-corrected chi connectivity index (χ3v) is 2.53. The number of rotatable bonds is 4. The molecule has 1 atom stereocenters. The fourth-order valence-corrected chi connectivity index (χ4v) is 1.64. The molecule has 1 N–H and O–H groups in total. The lowest BCUT2D eigenvalue weighted by molar-refractivity contribution is 0.0159. The summed E-state index contributed by atoms with van der Waals surface area (Å²) in [6.07, 6.45) is 1.08. The first-order chi connectivity index (χ1) is 7.84. The number of morpholine rings is 1. The molecule has 1 unspecified atom stereocenters. The van der Waals surface area contributed by atoms with Gasteiger partial charge in [-0.1, -0.05) is 0 Å². The number of halogens is 1. The maximum absolute atomic E-state index is 12.6. The van der Waals surface area contributed by atoms with E-state index in [0.717, 1.165) is 26.1 Å². The van der Waals surface area contributed by atoms with Crippen LogP contribution in [0.2, 0.25) is 0 Å². The second-order valence-electron chi connectivity index (χ2n) is 3.79. The quantitative estimate of drug-likeness (QED) is 0.844. The summed E-state index contributed by atoms with van der Waals surface area (Å²) in [5, 5.41) is 3.26. The first kappa shape index (κ1) is 11.4. The Morgan fingerprint density at radius 1 is 1.38 bits per heavy atom. The Bertz CT molecular complexity index is 309. The van der Waals surface area contributed by atoms with Crippen LogP contribution in [0.4, 0.5) is 4.39 Å². The summed E-state index contributed by atoms with van der Waals surface area (Å²) in [4.78, 5) is 0. The van der Waals surface area contributed by atoms with E-state index in [1.54, 1.807) is 12.1 Å². The summed E-state index contributed by atoms with van der Waals surface area (Å²) in [6.45, 7) is 3.17. The van der Waals surface area contributed by atoms with Gasteiger partial charge in [-0.2, -0.15) is 0 Å². The molecule has 1 saturated heterocycles. The van der Waals surface area contributed by atoms with Crippen molar-refractivity contribution in [2.45, 2.75) is 12.5 Å². The number of nitrogens with one attached hydrogen (secondary N) is 1. The summed E-state index contributed by atoms with van der Waals surface area (Å²) in [5.41, 5.74) is 0. The number of hydrogen-bond donors (Lipinski definition) is 1. The highest BCUT2D eigenvalue weighted by Gasteiger charge is 2.12. The molecule has 0 radical (unpaired) electrons. The Hall–Kier alpha value is -1.13. The molecule has 2 rings (SSSR count). The van der Waals surface area contributed by atoms with Gasteiger partial charge in [0.15, 0.2) is 0 Å². The molecule has 0 saturated carbocycles. The second kappa shape index (κ2) is 5.82. The van der Waals surface area contributed by atoms with Crippen molar-refractivity contribution in [3.63, 3.8) is 0 Å². The maximum Gasteiger partial charge on any atom is 0.123 e. The van der Waals surface area contributed by atoms with E-state index in [1.807, 2.05) is 0 Å². The zero-order valence-electron chi connectivity index (χ0n) is 9.12. The summed E-state index contributed by atoms with van der Waals surface area (Å²) in [5.74, 6) is 0.456. The Labute approximate surface area is 94.6 Å². The molecular weight excluding hydrogens is 209 g/mol. The van der Waals surface area contributed by atoms with Crippen molar-refractivity contribution in [3.05, 3.63) is 30.1 Å². The van der Waals surface area contributed by atoms with Gasteiger partial charge in [0, 0.05) is 19.5 Å². The topological polar surface area (TPSA) is 30.5 Å². The normalized spacial score (nSPS) is 20.7.